The van der Waals surface area contributed by atoms with Crippen molar-refractivity contribution in [2.75, 3.05) is 71.9 Å². The van der Waals surface area contributed by atoms with Crippen LogP contribution in [-0.4, -0.2) is 105 Å². The maximum atomic E-state index is 13.1. The van der Waals surface area contributed by atoms with Crippen molar-refractivity contribution in [3.8, 4) is 0 Å². The van der Waals surface area contributed by atoms with Gasteiger partial charge in [0.2, 0.25) is 0 Å². The number of pyridine rings is 1. The summed E-state index contributed by atoms with van der Waals surface area (Å²) >= 11 is 0. The Morgan fingerprint density at radius 2 is 1.84 bits per heavy atom. The lowest BCUT2D eigenvalue weighted by Crippen LogP contribution is -2.48. The van der Waals surface area contributed by atoms with Gasteiger partial charge in [-0.25, -0.2) is 4.98 Å². The van der Waals surface area contributed by atoms with E-state index in [1.54, 1.807) is 0 Å². The van der Waals surface area contributed by atoms with Gasteiger partial charge < -0.3 is 24.3 Å². The Hall–Kier alpha value is -1.70. The van der Waals surface area contributed by atoms with Crippen LogP contribution in [0.5, 0.6) is 0 Å². The molecule has 0 N–H and O–H groups in total. The normalized spacial score (nSPS) is 31.2. The summed E-state index contributed by atoms with van der Waals surface area (Å²) in [6.07, 6.45) is 7.15. The fourth-order valence-electron chi connectivity index (χ4n) is 5.76. The van der Waals surface area contributed by atoms with E-state index in [0.717, 1.165) is 69.6 Å². The first-order valence-corrected chi connectivity index (χ1v) is 12.4. The van der Waals surface area contributed by atoms with Crippen molar-refractivity contribution >= 4 is 11.7 Å². The van der Waals surface area contributed by atoms with Crippen molar-refractivity contribution in [3.63, 3.8) is 0 Å². The predicted octanol–water partition coefficient (Wildman–Crippen LogP) is 2.04. The van der Waals surface area contributed by atoms with Crippen LogP contribution in [0.25, 0.3) is 0 Å². The molecule has 0 bridgehead atoms. The molecular weight excluding hydrogens is 402 g/mol. The molecule has 2 saturated carbocycles. The second-order valence-corrected chi connectivity index (χ2v) is 10.7. The highest BCUT2D eigenvalue weighted by molar-refractivity contribution is 5.95. The summed E-state index contributed by atoms with van der Waals surface area (Å²) in [5.41, 5.74) is 0.770. The first kappa shape index (κ1) is 22.1. The summed E-state index contributed by atoms with van der Waals surface area (Å²) in [6.45, 7) is 6.47. The molecule has 4 fully saturated rings. The molecule has 2 saturated heterocycles. The lowest BCUT2D eigenvalue weighted by Gasteiger charge is -2.41. The second kappa shape index (κ2) is 9.27. The highest BCUT2D eigenvalue weighted by atomic mass is 16.5. The molecule has 32 heavy (non-hydrogen) atoms. The Labute approximate surface area is 192 Å². The van der Waals surface area contributed by atoms with E-state index in [9.17, 15) is 4.79 Å². The summed E-state index contributed by atoms with van der Waals surface area (Å²) in [6, 6.07) is 4.38. The molecule has 1 aromatic heterocycles. The number of rotatable bonds is 6. The number of anilines is 1. The Balaban J connectivity index is 1.25. The molecule has 4 aliphatic rings. The maximum absolute atomic E-state index is 13.1. The SMILES string of the molecule is CN1CCN(C(=O)c2ccnc(N3C[C@H]4C[C@@H](N(C)C)[C@H](OCC5CC5)C[C@H]4C3)c2)CC1. The zero-order valence-electron chi connectivity index (χ0n) is 19.9. The monoisotopic (exact) mass is 441 g/mol. The molecule has 0 unspecified atom stereocenters. The van der Waals surface area contributed by atoms with E-state index in [-0.39, 0.29) is 5.91 Å². The summed E-state index contributed by atoms with van der Waals surface area (Å²) < 4.78 is 6.43. The zero-order valence-corrected chi connectivity index (χ0v) is 19.9. The van der Waals surface area contributed by atoms with Gasteiger partial charge >= 0.3 is 0 Å². The van der Waals surface area contributed by atoms with Crippen molar-refractivity contribution in [3.05, 3.63) is 23.9 Å². The zero-order chi connectivity index (χ0) is 22.2. The summed E-state index contributed by atoms with van der Waals surface area (Å²) in [5.74, 6) is 3.22. The standard InChI is InChI=1S/C25H39N5O2/c1-27(2)22-12-20-15-30(16-21(20)13-23(22)32-17-18-4-5-18)24-14-19(6-7-26-24)25(31)29-10-8-28(3)9-11-29/h6-7,14,18,20-23H,4-5,8-13,15-17H2,1-3H3/t20-,21+,22-,23-/m1/s1. The molecule has 2 aliphatic carbocycles. The van der Waals surface area contributed by atoms with Crippen LogP contribution < -0.4 is 4.90 Å². The van der Waals surface area contributed by atoms with Crippen molar-refractivity contribution in [1.82, 2.24) is 19.7 Å². The van der Waals surface area contributed by atoms with Crippen LogP contribution >= 0.6 is 0 Å². The van der Waals surface area contributed by atoms with Gasteiger partial charge in [-0.1, -0.05) is 0 Å². The van der Waals surface area contributed by atoms with E-state index in [1.807, 2.05) is 23.2 Å². The van der Waals surface area contributed by atoms with Crippen LogP contribution in [0.2, 0.25) is 0 Å². The number of aromatic nitrogens is 1. The minimum atomic E-state index is 0.138. The number of amides is 1. The Bertz CT molecular complexity index is 805. The number of nitrogens with zero attached hydrogens (tertiary/aromatic N) is 5. The molecule has 5 rings (SSSR count). The molecule has 7 heteroatoms. The van der Waals surface area contributed by atoms with E-state index in [2.05, 4.69) is 40.8 Å². The van der Waals surface area contributed by atoms with Gasteiger partial charge in [-0.2, -0.15) is 0 Å². The van der Waals surface area contributed by atoms with Gasteiger partial charge in [0.1, 0.15) is 5.82 Å². The average molecular weight is 442 g/mol. The van der Waals surface area contributed by atoms with Gasteiger partial charge in [0, 0.05) is 63.7 Å². The molecular formula is C25H39N5O2. The molecule has 0 spiro atoms. The molecule has 1 amide bonds. The van der Waals surface area contributed by atoms with Crippen LogP contribution in [0.15, 0.2) is 18.3 Å². The quantitative estimate of drug-likeness (QED) is 0.674. The number of hydrogen-bond donors (Lipinski definition) is 0. The number of carbonyl (C=O) groups excluding carboxylic acids is 1. The van der Waals surface area contributed by atoms with Crippen molar-refractivity contribution in [1.29, 1.82) is 0 Å². The predicted molar refractivity (Wildman–Crippen MR) is 126 cm³/mol. The number of fused-ring (bicyclic) bond motifs is 1. The topological polar surface area (TPSA) is 52.2 Å². The first-order chi connectivity index (χ1) is 15.5. The average Bonchev–Trinajstić information content (AvgIpc) is 3.54. The van der Waals surface area contributed by atoms with Crippen LogP contribution in [0.3, 0.4) is 0 Å². The van der Waals surface area contributed by atoms with Gasteiger partial charge in [-0.3, -0.25) is 4.79 Å². The Morgan fingerprint density at radius 3 is 2.53 bits per heavy atom. The van der Waals surface area contributed by atoms with Crippen LogP contribution in [0.1, 0.15) is 36.0 Å². The molecule has 176 valence electrons. The number of hydrogen-bond acceptors (Lipinski definition) is 6. The molecule has 3 heterocycles. The van der Waals surface area contributed by atoms with Crippen LogP contribution in [0.4, 0.5) is 5.82 Å². The third-order valence-electron chi connectivity index (χ3n) is 8.10. The van der Waals surface area contributed by atoms with Crippen molar-refractivity contribution < 1.29 is 9.53 Å². The second-order valence-electron chi connectivity index (χ2n) is 10.7. The third kappa shape index (κ3) is 4.80. The van der Waals surface area contributed by atoms with Crippen molar-refractivity contribution in [2.24, 2.45) is 17.8 Å². The smallest absolute Gasteiger partial charge is 0.254 e. The number of ether oxygens (including phenoxy) is 1. The highest BCUT2D eigenvalue weighted by Gasteiger charge is 2.44. The first-order valence-electron chi connectivity index (χ1n) is 12.4. The molecule has 0 aromatic carbocycles. The van der Waals surface area contributed by atoms with Crippen LogP contribution in [0, 0.1) is 17.8 Å². The Kier molecular flexibility index (Phi) is 6.41. The molecule has 7 nitrogen and oxygen atoms in total. The molecule has 0 radical (unpaired) electrons. The van der Waals surface area contributed by atoms with Gasteiger partial charge in [-0.15, -0.1) is 0 Å². The fraction of sp³-hybridized carbons (Fsp3) is 0.760. The largest absolute Gasteiger partial charge is 0.376 e. The van der Waals surface area contributed by atoms with Gasteiger partial charge in [0.25, 0.3) is 5.91 Å². The molecule has 4 atom stereocenters. The minimum Gasteiger partial charge on any atom is -0.376 e. The van der Waals surface area contributed by atoms with Crippen LogP contribution in [-0.2, 0) is 4.74 Å². The maximum Gasteiger partial charge on any atom is 0.254 e. The van der Waals surface area contributed by atoms with Gasteiger partial charge in [-0.05, 0) is 76.7 Å². The fourth-order valence-corrected chi connectivity index (χ4v) is 5.76. The van der Waals surface area contributed by atoms with Gasteiger partial charge in [0.15, 0.2) is 0 Å². The summed E-state index contributed by atoms with van der Waals surface area (Å²) in [4.78, 5) is 26.7. The van der Waals surface area contributed by atoms with E-state index in [0.29, 0.717) is 24.0 Å². The highest BCUT2D eigenvalue weighted by Crippen LogP contribution is 2.41. The van der Waals surface area contributed by atoms with Gasteiger partial charge in [0.05, 0.1) is 6.10 Å². The minimum absolute atomic E-state index is 0.138. The lowest BCUT2D eigenvalue weighted by molar-refractivity contribution is -0.0493. The summed E-state index contributed by atoms with van der Waals surface area (Å²) in [7, 11) is 6.50. The third-order valence-corrected chi connectivity index (χ3v) is 8.10. The van der Waals surface area contributed by atoms with E-state index in [1.165, 1.54) is 19.3 Å². The van der Waals surface area contributed by atoms with E-state index in [4.69, 9.17) is 4.74 Å². The number of carbonyl (C=O) groups is 1. The Morgan fingerprint density at radius 1 is 1.12 bits per heavy atom. The lowest BCUT2D eigenvalue weighted by atomic mass is 9.77. The van der Waals surface area contributed by atoms with E-state index >= 15 is 0 Å². The molecule has 1 aromatic rings. The number of piperazine rings is 1. The van der Waals surface area contributed by atoms with Crippen molar-refractivity contribution in [2.45, 2.75) is 37.8 Å². The summed E-state index contributed by atoms with van der Waals surface area (Å²) in [5, 5.41) is 0. The molecule has 2 aliphatic heterocycles. The number of likely N-dealkylation sites (N-methyl/N-ethyl adjacent to an activating group) is 2. The van der Waals surface area contributed by atoms with E-state index < -0.39 is 0 Å².